The molecule has 3 aromatic heterocycles. The van der Waals surface area contributed by atoms with E-state index in [2.05, 4.69) is 79.4 Å². The first-order valence-electron chi connectivity index (χ1n) is 13.8. The van der Waals surface area contributed by atoms with Gasteiger partial charge in [-0.1, -0.05) is 60.7 Å². The van der Waals surface area contributed by atoms with E-state index in [9.17, 15) is 4.21 Å². The molecular formula is C34H23N5O2S. The second kappa shape index (κ2) is 8.41. The van der Waals surface area contributed by atoms with E-state index in [-0.39, 0.29) is 0 Å². The van der Waals surface area contributed by atoms with Gasteiger partial charge in [-0.25, -0.2) is 13.2 Å². The van der Waals surface area contributed by atoms with E-state index in [4.69, 9.17) is 14.5 Å². The molecule has 42 heavy (non-hydrogen) atoms. The molecule has 0 fully saturated rings. The molecule has 0 saturated heterocycles. The number of benzene rings is 5. The molecule has 0 N–H and O–H groups in total. The number of hydrogen-bond donors (Lipinski definition) is 0. The SMILES string of the molecule is Cc1cc2nn3c(c2cc1C)N(c1ccc(-c2cccc4c2oc2ccccc24)cc1)c1nc2ccccc2n1S3=O. The molecule has 1 aliphatic heterocycles. The van der Waals surface area contributed by atoms with Gasteiger partial charge in [0.15, 0.2) is 5.82 Å². The Balaban J connectivity index is 1.26. The van der Waals surface area contributed by atoms with E-state index in [1.807, 2.05) is 42.5 Å². The summed E-state index contributed by atoms with van der Waals surface area (Å²) in [5, 5.41) is 7.97. The summed E-state index contributed by atoms with van der Waals surface area (Å²) in [5.74, 6) is 1.33. The molecule has 8 heteroatoms. The zero-order valence-corrected chi connectivity index (χ0v) is 23.6. The molecule has 202 valence electrons. The van der Waals surface area contributed by atoms with Crippen molar-refractivity contribution in [1.82, 2.24) is 18.1 Å². The fourth-order valence-corrected chi connectivity index (χ4v) is 7.31. The monoisotopic (exact) mass is 565 g/mol. The Labute approximate surface area is 242 Å². The Morgan fingerprint density at radius 3 is 2.38 bits per heavy atom. The molecule has 0 spiro atoms. The molecule has 0 aliphatic carbocycles. The summed E-state index contributed by atoms with van der Waals surface area (Å²) in [7, 11) is 0. The molecule has 0 radical (unpaired) electrons. The van der Waals surface area contributed by atoms with Gasteiger partial charge in [-0.15, -0.1) is 4.09 Å². The van der Waals surface area contributed by atoms with Crippen LogP contribution < -0.4 is 4.90 Å². The molecule has 0 saturated carbocycles. The minimum absolute atomic E-state index is 0.592. The lowest BCUT2D eigenvalue weighted by Gasteiger charge is -2.29. The summed E-state index contributed by atoms with van der Waals surface area (Å²) in [6.45, 7) is 4.16. The molecule has 8 aromatic rings. The van der Waals surface area contributed by atoms with Crippen LogP contribution in [0.2, 0.25) is 0 Å². The molecule has 5 aromatic carbocycles. The van der Waals surface area contributed by atoms with Gasteiger partial charge in [0.25, 0.3) is 11.2 Å². The van der Waals surface area contributed by atoms with Crippen molar-refractivity contribution in [2.75, 3.05) is 4.90 Å². The van der Waals surface area contributed by atoms with Crippen molar-refractivity contribution in [1.29, 1.82) is 0 Å². The van der Waals surface area contributed by atoms with Crippen LogP contribution in [0.15, 0.2) is 108 Å². The summed E-state index contributed by atoms with van der Waals surface area (Å²) in [6, 6.07) is 34.7. The highest BCUT2D eigenvalue weighted by molar-refractivity contribution is 7.82. The lowest BCUT2D eigenvalue weighted by Crippen LogP contribution is -2.29. The Morgan fingerprint density at radius 1 is 0.738 bits per heavy atom. The van der Waals surface area contributed by atoms with Crippen LogP contribution in [0.3, 0.4) is 0 Å². The van der Waals surface area contributed by atoms with Crippen molar-refractivity contribution >= 4 is 72.5 Å². The Hall–Kier alpha value is -5.21. The van der Waals surface area contributed by atoms with Gasteiger partial charge in [-0.3, -0.25) is 4.90 Å². The quantitative estimate of drug-likeness (QED) is 0.211. The van der Waals surface area contributed by atoms with Gasteiger partial charge in [-0.2, -0.15) is 5.10 Å². The highest BCUT2D eigenvalue weighted by Gasteiger charge is 2.35. The van der Waals surface area contributed by atoms with Gasteiger partial charge >= 0.3 is 0 Å². The molecule has 1 atom stereocenters. The highest BCUT2D eigenvalue weighted by atomic mass is 32.2. The van der Waals surface area contributed by atoms with Crippen LogP contribution in [0.25, 0.3) is 55.0 Å². The number of nitrogens with zero attached hydrogens (tertiary/aromatic N) is 5. The first kappa shape index (κ1) is 23.5. The Morgan fingerprint density at radius 2 is 1.50 bits per heavy atom. The number of aryl methyl sites for hydroxylation is 2. The van der Waals surface area contributed by atoms with Crippen molar-refractivity contribution in [2.45, 2.75) is 13.8 Å². The number of imidazole rings is 1. The van der Waals surface area contributed by atoms with Crippen molar-refractivity contribution in [3.63, 3.8) is 0 Å². The molecule has 1 aliphatic rings. The maximum Gasteiger partial charge on any atom is 0.255 e. The van der Waals surface area contributed by atoms with Gasteiger partial charge in [0.1, 0.15) is 11.2 Å². The van der Waals surface area contributed by atoms with E-state index in [1.165, 1.54) is 0 Å². The number of para-hydroxylation sites is 4. The van der Waals surface area contributed by atoms with Gasteiger partial charge in [0.2, 0.25) is 5.95 Å². The van der Waals surface area contributed by atoms with Crippen molar-refractivity contribution in [3.8, 4) is 11.1 Å². The van der Waals surface area contributed by atoms with E-state index < -0.39 is 11.2 Å². The average Bonchev–Trinajstić information content (AvgIpc) is 3.70. The number of aromatic nitrogens is 4. The van der Waals surface area contributed by atoms with Crippen LogP contribution in [-0.4, -0.2) is 22.4 Å². The molecule has 0 bridgehead atoms. The maximum atomic E-state index is 14.0. The van der Waals surface area contributed by atoms with E-state index in [0.29, 0.717) is 5.95 Å². The number of rotatable bonds is 2. The van der Waals surface area contributed by atoms with Crippen LogP contribution in [0.1, 0.15) is 11.1 Å². The first-order valence-corrected chi connectivity index (χ1v) is 14.8. The predicted octanol–water partition coefficient (Wildman–Crippen LogP) is 8.33. The third kappa shape index (κ3) is 3.12. The first-order chi connectivity index (χ1) is 20.6. The van der Waals surface area contributed by atoms with Crippen LogP contribution in [0.4, 0.5) is 17.5 Å². The van der Waals surface area contributed by atoms with Gasteiger partial charge in [0, 0.05) is 21.7 Å². The zero-order chi connectivity index (χ0) is 28.1. The van der Waals surface area contributed by atoms with Crippen LogP contribution in [0, 0.1) is 13.8 Å². The fourth-order valence-electron chi connectivity index (χ4n) is 6.09. The molecule has 0 amide bonds. The summed E-state index contributed by atoms with van der Waals surface area (Å²) in [6.07, 6.45) is 0. The zero-order valence-electron chi connectivity index (χ0n) is 22.8. The topological polar surface area (TPSA) is 69.1 Å². The standard InChI is InChI=1S/C34H23N5O2S/c1-20-18-27-29(19-21(20)2)36-39-33(27)37(34-35-28-11-4-5-12-30(28)38(34)42(39)40)23-16-14-22(15-17-23)24-9-7-10-26-25-8-3-6-13-31(25)41-32(24)26/h3-19H,1-2H3. The predicted molar refractivity (Wildman–Crippen MR) is 169 cm³/mol. The van der Waals surface area contributed by atoms with Crippen LogP contribution >= 0.6 is 0 Å². The molecule has 7 nitrogen and oxygen atoms in total. The third-order valence-electron chi connectivity index (χ3n) is 8.29. The molecular weight excluding hydrogens is 542 g/mol. The normalized spacial score (nSPS) is 14.7. The number of anilines is 3. The minimum Gasteiger partial charge on any atom is -0.455 e. The summed E-state index contributed by atoms with van der Waals surface area (Å²) in [4.78, 5) is 7.04. The maximum absolute atomic E-state index is 14.0. The third-order valence-corrected chi connectivity index (χ3v) is 9.51. The lowest BCUT2D eigenvalue weighted by atomic mass is 10.0. The molecule has 9 rings (SSSR count). The van der Waals surface area contributed by atoms with Gasteiger partial charge < -0.3 is 4.42 Å². The second-order valence-corrected chi connectivity index (χ2v) is 11.9. The summed E-state index contributed by atoms with van der Waals surface area (Å²) < 4.78 is 23.7. The smallest absolute Gasteiger partial charge is 0.255 e. The lowest BCUT2D eigenvalue weighted by molar-refractivity contribution is 0.663. The van der Waals surface area contributed by atoms with E-state index >= 15 is 0 Å². The average molecular weight is 566 g/mol. The Kier molecular flexibility index (Phi) is 4.70. The van der Waals surface area contributed by atoms with Crippen molar-refractivity contribution in [2.24, 2.45) is 0 Å². The fraction of sp³-hybridized carbons (Fsp3) is 0.0588. The number of fused-ring (bicyclic) bond motifs is 9. The van der Waals surface area contributed by atoms with Gasteiger partial charge in [-0.05, 0) is 73.0 Å². The largest absolute Gasteiger partial charge is 0.455 e. The minimum atomic E-state index is -1.63. The van der Waals surface area contributed by atoms with Gasteiger partial charge in [0.05, 0.1) is 22.2 Å². The second-order valence-electron chi connectivity index (χ2n) is 10.7. The highest BCUT2D eigenvalue weighted by Crippen LogP contribution is 2.45. The van der Waals surface area contributed by atoms with E-state index in [1.54, 1.807) is 8.06 Å². The van der Waals surface area contributed by atoms with E-state index in [0.717, 1.165) is 77.6 Å². The van der Waals surface area contributed by atoms with Crippen LogP contribution in [0.5, 0.6) is 0 Å². The number of furan rings is 1. The number of hydrogen-bond acceptors (Lipinski definition) is 5. The van der Waals surface area contributed by atoms with Crippen molar-refractivity contribution in [3.05, 3.63) is 114 Å². The summed E-state index contributed by atoms with van der Waals surface area (Å²) >= 11 is -1.63. The molecule has 1 unspecified atom stereocenters. The van der Waals surface area contributed by atoms with Crippen molar-refractivity contribution < 1.29 is 8.63 Å². The summed E-state index contributed by atoms with van der Waals surface area (Å²) in [5.41, 5.74) is 9.38. The van der Waals surface area contributed by atoms with Crippen LogP contribution in [-0.2, 0) is 11.2 Å². The Bertz CT molecular complexity index is 2420. The molecule has 4 heterocycles.